The molecule has 2 amide bonds. The first-order chi connectivity index (χ1) is 12.1. The van der Waals surface area contributed by atoms with Gasteiger partial charge in [-0.2, -0.15) is 0 Å². The maximum Gasteiger partial charge on any atom is 0.254 e. The highest BCUT2D eigenvalue weighted by Gasteiger charge is 2.24. The van der Waals surface area contributed by atoms with Crippen molar-refractivity contribution in [2.45, 2.75) is 26.2 Å². The van der Waals surface area contributed by atoms with Crippen LogP contribution in [0.4, 0.5) is 0 Å². The second-order valence-electron chi connectivity index (χ2n) is 6.30. The van der Waals surface area contributed by atoms with E-state index < -0.39 is 0 Å². The highest BCUT2D eigenvalue weighted by Crippen LogP contribution is 2.23. The summed E-state index contributed by atoms with van der Waals surface area (Å²) < 4.78 is 0. The number of amides is 2. The first-order valence-corrected chi connectivity index (χ1v) is 9.09. The van der Waals surface area contributed by atoms with Gasteiger partial charge in [0.15, 0.2) is 0 Å². The predicted octanol–water partition coefficient (Wildman–Crippen LogP) is 3.36. The zero-order valence-electron chi connectivity index (χ0n) is 14.4. The van der Waals surface area contributed by atoms with Crippen LogP contribution in [0.2, 0.25) is 5.02 Å². The first kappa shape index (κ1) is 17.7. The summed E-state index contributed by atoms with van der Waals surface area (Å²) in [4.78, 5) is 32.8. The Morgan fingerprint density at radius 1 is 1.12 bits per heavy atom. The minimum atomic E-state index is -0.0238. The van der Waals surface area contributed by atoms with Crippen molar-refractivity contribution in [3.8, 4) is 0 Å². The van der Waals surface area contributed by atoms with Gasteiger partial charge in [-0.05, 0) is 24.6 Å². The summed E-state index contributed by atoms with van der Waals surface area (Å²) in [5, 5.41) is 1.47. The van der Waals surface area contributed by atoms with E-state index in [0.717, 1.165) is 18.2 Å². The summed E-state index contributed by atoms with van der Waals surface area (Å²) in [6.07, 6.45) is 4.18. The Kier molecular flexibility index (Phi) is 5.53. The molecule has 0 saturated carbocycles. The predicted molar refractivity (Wildman–Crippen MR) is 98.8 cm³/mol. The normalized spacial score (nSPS) is 14.8. The van der Waals surface area contributed by atoms with E-state index in [2.05, 4.69) is 11.9 Å². The van der Waals surface area contributed by atoms with Gasteiger partial charge < -0.3 is 9.80 Å². The van der Waals surface area contributed by atoms with E-state index in [4.69, 9.17) is 11.6 Å². The van der Waals surface area contributed by atoms with E-state index in [1.54, 1.807) is 29.3 Å². The maximum absolute atomic E-state index is 12.7. The van der Waals surface area contributed by atoms with Gasteiger partial charge in [-0.3, -0.25) is 14.6 Å². The highest BCUT2D eigenvalue weighted by molar-refractivity contribution is 6.35. The molecule has 132 valence electrons. The zero-order valence-corrected chi connectivity index (χ0v) is 15.1. The molecule has 0 aliphatic carbocycles. The Labute approximate surface area is 152 Å². The summed E-state index contributed by atoms with van der Waals surface area (Å²) in [6, 6.07) is 7.14. The largest absolute Gasteiger partial charge is 0.339 e. The first-order valence-electron chi connectivity index (χ1n) is 8.71. The lowest BCUT2D eigenvalue weighted by molar-refractivity contribution is -0.132. The van der Waals surface area contributed by atoms with E-state index in [1.807, 2.05) is 11.0 Å². The summed E-state index contributed by atoms with van der Waals surface area (Å²) >= 11 is 6.15. The molecule has 0 spiro atoms. The van der Waals surface area contributed by atoms with Crippen molar-refractivity contribution in [1.29, 1.82) is 0 Å². The molecular formula is C19H22ClN3O2. The molecule has 0 radical (unpaired) electrons. The number of carbonyl (C=O) groups excluding carboxylic acids is 2. The zero-order chi connectivity index (χ0) is 17.8. The third kappa shape index (κ3) is 3.93. The number of halogens is 1. The Hall–Kier alpha value is -2.14. The summed E-state index contributed by atoms with van der Waals surface area (Å²) in [7, 11) is 0. The molecule has 1 aliphatic heterocycles. The van der Waals surface area contributed by atoms with Crippen LogP contribution < -0.4 is 0 Å². The van der Waals surface area contributed by atoms with Gasteiger partial charge in [-0.1, -0.05) is 31.0 Å². The van der Waals surface area contributed by atoms with Crippen LogP contribution in [-0.2, 0) is 4.79 Å². The van der Waals surface area contributed by atoms with Gasteiger partial charge >= 0.3 is 0 Å². The number of rotatable bonds is 4. The van der Waals surface area contributed by atoms with Gasteiger partial charge in [0.2, 0.25) is 5.91 Å². The van der Waals surface area contributed by atoms with Crippen molar-refractivity contribution in [2.75, 3.05) is 26.2 Å². The molecule has 1 fully saturated rings. The molecule has 25 heavy (non-hydrogen) atoms. The van der Waals surface area contributed by atoms with Crippen LogP contribution in [0.25, 0.3) is 10.9 Å². The van der Waals surface area contributed by atoms with Crippen molar-refractivity contribution in [3.63, 3.8) is 0 Å². The summed E-state index contributed by atoms with van der Waals surface area (Å²) in [5.74, 6) is 0.169. The van der Waals surface area contributed by atoms with Crippen molar-refractivity contribution in [1.82, 2.24) is 14.8 Å². The number of unbranched alkanes of at least 4 members (excludes halogenated alkanes) is 1. The maximum atomic E-state index is 12.7. The van der Waals surface area contributed by atoms with Crippen molar-refractivity contribution < 1.29 is 9.59 Å². The molecule has 0 unspecified atom stereocenters. The standard InChI is InChI=1S/C19H22ClN3O2/c1-2-3-4-18(24)22-9-11-23(12-10-22)19(25)14-5-6-15-16(20)7-8-21-17(15)13-14/h5-8,13H,2-4,9-12H2,1H3. The van der Waals surface area contributed by atoms with Gasteiger partial charge in [0, 0.05) is 49.7 Å². The van der Waals surface area contributed by atoms with Gasteiger partial charge in [0.05, 0.1) is 10.5 Å². The van der Waals surface area contributed by atoms with E-state index in [1.165, 1.54) is 0 Å². The van der Waals surface area contributed by atoms with E-state index >= 15 is 0 Å². The van der Waals surface area contributed by atoms with Gasteiger partial charge in [-0.15, -0.1) is 0 Å². The van der Waals surface area contributed by atoms with Crippen LogP contribution in [0, 0.1) is 0 Å². The molecule has 2 heterocycles. The monoisotopic (exact) mass is 359 g/mol. The summed E-state index contributed by atoms with van der Waals surface area (Å²) in [5.41, 5.74) is 1.32. The van der Waals surface area contributed by atoms with Gasteiger partial charge in [0.25, 0.3) is 5.91 Å². The number of hydrogen-bond donors (Lipinski definition) is 0. The SMILES string of the molecule is CCCCC(=O)N1CCN(C(=O)c2ccc3c(Cl)ccnc3c2)CC1. The number of aromatic nitrogens is 1. The lowest BCUT2D eigenvalue weighted by Crippen LogP contribution is -2.50. The molecule has 5 nitrogen and oxygen atoms in total. The fraction of sp³-hybridized carbons (Fsp3) is 0.421. The van der Waals surface area contributed by atoms with Crippen LogP contribution in [0.5, 0.6) is 0 Å². The Morgan fingerprint density at radius 3 is 2.56 bits per heavy atom. The number of carbonyl (C=O) groups is 2. The lowest BCUT2D eigenvalue weighted by Gasteiger charge is -2.35. The Balaban J connectivity index is 1.66. The van der Waals surface area contributed by atoms with Crippen molar-refractivity contribution >= 4 is 34.3 Å². The average molecular weight is 360 g/mol. The number of hydrogen-bond acceptors (Lipinski definition) is 3. The number of piperazine rings is 1. The second kappa shape index (κ2) is 7.83. The molecule has 1 aromatic carbocycles. The minimum Gasteiger partial charge on any atom is -0.339 e. The third-order valence-electron chi connectivity index (χ3n) is 4.60. The van der Waals surface area contributed by atoms with Crippen LogP contribution in [0.1, 0.15) is 36.5 Å². The lowest BCUT2D eigenvalue weighted by atomic mass is 10.1. The molecule has 3 rings (SSSR count). The molecule has 2 aromatic rings. The number of fused-ring (bicyclic) bond motifs is 1. The molecule has 6 heteroatoms. The Morgan fingerprint density at radius 2 is 1.84 bits per heavy atom. The molecular weight excluding hydrogens is 338 g/mol. The quantitative estimate of drug-likeness (QED) is 0.841. The second-order valence-corrected chi connectivity index (χ2v) is 6.71. The van der Waals surface area contributed by atoms with Crippen molar-refractivity contribution in [3.05, 3.63) is 41.0 Å². The number of pyridine rings is 1. The molecule has 1 saturated heterocycles. The average Bonchev–Trinajstić information content (AvgIpc) is 2.65. The van der Waals surface area contributed by atoms with Crippen LogP contribution in [-0.4, -0.2) is 52.8 Å². The van der Waals surface area contributed by atoms with Crippen LogP contribution in [0.3, 0.4) is 0 Å². The fourth-order valence-corrected chi connectivity index (χ4v) is 3.29. The van der Waals surface area contributed by atoms with E-state index in [0.29, 0.717) is 48.7 Å². The van der Waals surface area contributed by atoms with Crippen molar-refractivity contribution in [2.24, 2.45) is 0 Å². The van der Waals surface area contributed by atoms with Crippen LogP contribution in [0.15, 0.2) is 30.5 Å². The molecule has 0 atom stereocenters. The number of nitrogens with zero attached hydrogens (tertiary/aromatic N) is 3. The van der Waals surface area contributed by atoms with Gasteiger partial charge in [-0.25, -0.2) is 0 Å². The molecule has 0 N–H and O–H groups in total. The van der Waals surface area contributed by atoms with Crippen LogP contribution >= 0.6 is 11.6 Å². The molecule has 1 aliphatic rings. The van der Waals surface area contributed by atoms with Gasteiger partial charge in [0.1, 0.15) is 0 Å². The summed E-state index contributed by atoms with van der Waals surface area (Å²) in [6.45, 7) is 4.42. The highest BCUT2D eigenvalue weighted by atomic mass is 35.5. The fourth-order valence-electron chi connectivity index (χ4n) is 3.07. The number of benzene rings is 1. The van der Waals surface area contributed by atoms with E-state index in [9.17, 15) is 9.59 Å². The molecule has 1 aromatic heterocycles. The van der Waals surface area contributed by atoms with E-state index in [-0.39, 0.29) is 11.8 Å². The smallest absolute Gasteiger partial charge is 0.254 e. The topological polar surface area (TPSA) is 53.5 Å². The Bertz CT molecular complexity index is 785. The third-order valence-corrected chi connectivity index (χ3v) is 4.93. The minimum absolute atomic E-state index is 0.0238. The molecule has 0 bridgehead atoms.